The molecule has 4 N–H and O–H groups in total. The second kappa shape index (κ2) is 4.94. The molecule has 1 aliphatic heterocycles. The molecule has 19 heavy (non-hydrogen) atoms. The summed E-state index contributed by atoms with van der Waals surface area (Å²) in [5, 5.41) is 37.0. The van der Waals surface area contributed by atoms with Crippen molar-refractivity contribution in [1.29, 1.82) is 5.26 Å². The standard InChI is InChI=1S/C10H11N3O6/c11-1-4-2-13(10(18)12-8(4)17)9-7(16)6(15)5(3-14)19-9/h2,5-7,9,14-16H,3H2,(H,12,17,18). The van der Waals surface area contributed by atoms with Crippen molar-refractivity contribution in [2.75, 3.05) is 6.61 Å². The van der Waals surface area contributed by atoms with Gasteiger partial charge in [-0.3, -0.25) is 14.3 Å². The molecule has 9 nitrogen and oxygen atoms in total. The predicted molar refractivity (Wildman–Crippen MR) is 59.0 cm³/mol. The van der Waals surface area contributed by atoms with Crippen LogP contribution in [0.25, 0.3) is 0 Å². The van der Waals surface area contributed by atoms with Crippen LogP contribution in [-0.2, 0) is 4.74 Å². The number of nitriles is 1. The number of hydrogen-bond donors (Lipinski definition) is 4. The van der Waals surface area contributed by atoms with E-state index in [-0.39, 0.29) is 5.56 Å². The van der Waals surface area contributed by atoms with E-state index in [1.54, 1.807) is 6.07 Å². The van der Waals surface area contributed by atoms with E-state index in [1.165, 1.54) is 0 Å². The fourth-order valence-electron chi connectivity index (χ4n) is 1.86. The van der Waals surface area contributed by atoms with E-state index in [0.29, 0.717) is 0 Å². The van der Waals surface area contributed by atoms with Crippen LogP contribution in [-0.4, -0.2) is 49.8 Å². The van der Waals surface area contributed by atoms with Crippen molar-refractivity contribution < 1.29 is 20.1 Å². The molecule has 4 atom stereocenters. The largest absolute Gasteiger partial charge is 0.394 e. The SMILES string of the molecule is N#Cc1cn(C2OC(CO)C(O)C2O)c(=O)[nH]c1=O. The Morgan fingerprint density at radius 3 is 2.63 bits per heavy atom. The molecule has 0 radical (unpaired) electrons. The van der Waals surface area contributed by atoms with Gasteiger partial charge >= 0.3 is 5.69 Å². The molecular weight excluding hydrogens is 258 g/mol. The van der Waals surface area contributed by atoms with Crippen molar-refractivity contribution in [2.24, 2.45) is 0 Å². The molecule has 1 aliphatic rings. The number of aliphatic hydroxyl groups is 3. The molecule has 4 unspecified atom stereocenters. The number of aromatic amines is 1. The number of nitrogens with zero attached hydrogens (tertiary/aromatic N) is 2. The molecule has 0 amide bonds. The number of aliphatic hydroxyl groups excluding tert-OH is 3. The van der Waals surface area contributed by atoms with Crippen LogP contribution in [0.5, 0.6) is 0 Å². The molecule has 102 valence electrons. The molecule has 1 aromatic heterocycles. The van der Waals surface area contributed by atoms with Gasteiger partial charge in [0.15, 0.2) is 6.23 Å². The highest BCUT2D eigenvalue weighted by Crippen LogP contribution is 2.27. The molecule has 0 aliphatic carbocycles. The van der Waals surface area contributed by atoms with Crippen LogP contribution >= 0.6 is 0 Å². The van der Waals surface area contributed by atoms with Gasteiger partial charge in [0.1, 0.15) is 29.9 Å². The zero-order valence-electron chi connectivity index (χ0n) is 9.55. The Morgan fingerprint density at radius 2 is 2.11 bits per heavy atom. The molecule has 0 aromatic carbocycles. The van der Waals surface area contributed by atoms with Crippen LogP contribution in [0.15, 0.2) is 15.8 Å². The molecule has 1 aromatic rings. The second-order valence-electron chi connectivity index (χ2n) is 4.05. The van der Waals surface area contributed by atoms with Gasteiger partial charge in [-0.15, -0.1) is 0 Å². The van der Waals surface area contributed by atoms with Gasteiger partial charge in [-0.1, -0.05) is 0 Å². The van der Waals surface area contributed by atoms with Gasteiger partial charge in [0.25, 0.3) is 5.56 Å². The van der Waals surface area contributed by atoms with Crippen LogP contribution in [0.1, 0.15) is 11.8 Å². The second-order valence-corrected chi connectivity index (χ2v) is 4.05. The van der Waals surface area contributed by atoms with Gasteiger partial charge in [0.2, 0.25) is 0 Å². The Bertz CT molecular complexity index is 629. The number of H-pyrrole nitrogens is 1. The van der Waals surface area contributed by atoms with Gasteiger partial charge in [-0.25, -0.2) is 4.79 Å². The van der Waals surface area contributed by atoms with E-state index in [0.717, 1.165) is 10.8 Å². The van der Waals surface area contributed by atoms with Crippen LogP contribution in [0.2, 0.25) is 0 Å². The van der Waals surface area contributed by atoms with Gasteiger partial charge in [-0.05, 0) is 0 Å². The van der Waals surface area contributed by atoms with Crippen LogP contribution in [0.3, 0.4) is 0 Å². The fourth-order valence-corrected chi connectivity index (χ4v) is 1.86. The van der Waals surface area contributed by atoms with E-state index < -0.39 is 42.4 Å². The Hall–Kier alpha value is -1.99. The molecule has 1 saturated heterocycles. The highest BCUT2D eigenvalue weighted by Gasteiger charge is 2.43. The maximum atomic E-state index is 11.6. The molecule has 2 rings (SSSR count). The van der Waals surface area contributed by atoms with Gasteiger partial charge in [0.05, 0.1) is 6.61 Å². The number of rotatable bonds is 2. The number of aromatic nitrogens is 2. The lowest BCUT2D eigenvalue weighted by Crippen LogP contribution is -2.38. The molecule has 0 bridgehead atoms. The Morgan fingerprint density at radius 1 is 1.42 bits per heavy atom. The summed E-state index contributed by atoms with van der Waals surface area (Å²) >= 11 is 0. The lowest BCUT2D eigenvalue weighted by atomic mass is 10.1. The third-order valence-electron chi connectivity index (χ3n) is 2.88. The minimum atomic E-state index is -1.47. The van der Waals surface area contributed by atoms with Crippen molar-refractivity contribution >= 4 is 0 Å². The van der Waals surface area contributed by atoms with Gasteiger partial charge < -0.3 is 20.1 Å². The Labute approximate surface area is 105 Å². The van der Waals surface area contributed by atoms with Crippen molar-refractivity contribution in [2.45, 2.75) is 24.5 Å². The van der Waals surface area contributed by atoms with Crippen LogP contribution in [0.4, 0.5) is 0 Å². The number of ether oxygens (including phenoxy) is 1. The monoisotopic (exact) mass is 269 g/mol. The first-order chi connectivity index (χ1) is 8.99. The van der Waals surface area contributed by atoms with Crippen LogP contribution < -0.4 is 11.2 Å². The molecule has 1 fully saturated rings. The Kier molecular flexibility index (Phi) is 3.50. The zero-order chi connectivity index (χ0) is 14.2. The zero-order valence-corrected chi connectivity index (χ0v) is 9.55. The number of nitrogens with one attached hydrogen (secondary N) is 1. The van der Waals surface area contributed by atoms with E-state index in [2.05, 4.69) is 0 Å². The maximum absolute atomic E-state index is 11.6. The predicted octanol–water partition coefficient (Wildman–Crippen LogP) is -2.98. The summed E-state index contributed by atoms with van der Waals surface area (Å²) in [6.07, 6.45) is -4.25. The van der Waals surface area contributed by atoms with E-state index in [4.69, 9.17) is 15.1 Å². The quantitative estimate of drug-likeness (QED) is 0.447. The van der Waals surface area contributed by atoms with Gasteiger partial charge in [0, 0.05) is 6.20 Å². The third kappa shape index (κ3) is 2.18. The van der Waals surface area contributed by atoms with Gasteiger partial charge in [-0.2, -0.15) is 5.26 Å². The fraction of sp³-hybridized carbons (Fsp3) is 0.500. The minimum Gasteiger partial charge on any atom is -0.394 e. The summed E-state index contributed by atoms with van der Waals surface area (Å²) in [5.41, 5.74) is -2.08. The van der Waals surface area contributed by atoms with Crippen molar-refractivity contribution in [3.05, 3.63) is 32.6 Å². The lowest BCUT2D eigenvalue weighted by molar-refractivity contribution is -0.0550. The highest BCUT2D eigenvalue weighted by atomic mass is 16.6. The summed E-state index contributed by atoms with van der Waals surface area (Å²) in [4.78, 5) is 24.7. The highest BCUT2D eigenvalue weighted by molar-refractivity contribution is 5.22. The lowest BCUT2D eigenvalue weighted by Gasteiger charge is -2.16. The average Bonchev–Trinajstić information content (AvgIpc) is 2.67. The molecular formula is C10H11N3O6. The molecule has 9 heteroatoms. The van der Waals surface area contributed by atoms with E-state index in [1.807, 2.05) is 4.98 Å². The van der Waals surface area contributed by atoms with Crippen molar-refractivity contribution in [1.82, 2.24) is 9.55 Å². The third-order valence-corrected chi connectivity index (χ3v) is 2.88. The summed E-state index contributed by atoms with van der Waals surface area (Å²) in [6, 6.07) is 1.59. The summed E-state index contributed by atoms with van der Waals surface area (Å²) in [6.45, 7) is -0.544. The van der Waals surface area contributed by atoms with Crippen molar-refractivity contribution in [3.63, 3.8) is 0 Å². The van der Waals surface area contributed by atoms with Crippen LogP contribution in [0, 0.1) is 11.3 Å². The summed E-state index contributed by atoms with van der Waals surface area (Å²) < 4.78 is 5.92. The molecule has 0 spiro atoms. The molecule has 2 heterocycles. The smallest absolute Gasteiger partial charge is 0.330 e. The Balaban J connectivity index is 2.46. The number of hydrogen-bond acceptors (Lipinski definition) is 7. The van der Waals surface area contributed by atoms with E-state index in [9.17, 15) is 19.8 Å². The van der Waals surface area contributed by atoms with Crippen molar-refractivity contribution in [3.8, 4) is 6.07 Å². The summed E-state index contributed by atoms with van der Waals surface area (Å²) in [5.74, 6) is 0. The first-order valence-corrected chi connectivity index (χ1v) is 5.37. The topological polar surface area (TPSA) is 149 Å². The first kappa shape index (κ1) is 13.4. The maximum Gasteiger partial charge on any atom is 0.330 e. The summed E-state index contributed by atoms with van der Waals surface area (Å²) in [7, 11) is 0. The normalized spacial score (nSPS) is 30.2. The molecule has 0 saturated carbocycles. The minimum absolute atomic E-state index is 0.336. The first-order valence-electron chi connectivity index (χ1n) is 5.37. The average molecular weight is 269 g/mol. The van der Waals surface area contributed by atoms with E-state index >= 15 is 0 Å².